The molecule has 3 aromatic carbocycles. The zero-order valence-electron chi connectivity index (χ0n) is 15.8. The summed E-state index contributed by atoms with van der Waals surface area (Å²) in [6.45, 7) is -0.648. The van der Waals surface area contributed by atoms with E-state index in [0.717, 1.165) is 22.5 Å². The smallest absolute Gasteiger partial charge is 0.325 e. The molecule has 0 unspecified atom stereocenters. The predicted octanol–water partition coefficient (Wildman–Crippen LogP) is 5.19. The van der Waals surface area contributed by atoms with Gasteiger partial charge in [0.2, 0.25) is 5.91 Å². The molecule has 1 amide bonds. The first-order chi connectivity index (χ1) is 14.6. The summed E-state index contributed by atoms with van der Waals surface area (Å²) in [6, 6.07) is 17.4. The number of hydrogen-bond donors (Lipinski definition) is 1. The topological polar surface area (TPSA) is 66.5 Å². The molecule has 0 saturated carbocycles. The van der Waals surface area contributed by atoms with E-state index in [-0.39, 0.29) is 16.3 Å². The third kappa shape index (κ3) is 5.56. The number of benzene rings is 3. The number of anilines is 2. The van der Waals surface area contributed by atoms with Crippen molar-refractivity contribution < 1.29 is 26.4 Å². The summed E-state index contributed by atoms with van der Waals surface area (Å²) in [7, 11) is -4.16. The van der Waals surface area contributed by atoms with Gasteiger partial charge in [-0.1, -0.05) is 35.9 Å². The van der Waals surface area contributed by atoms with Crippen molar-refractivity contribution >= 4 is 38.9 Å². The van der Waals surface area contributed by atoms with Gasteiger partial charge in [0, 0.05) is 10.7 Å². The predicted molar refractivity (Wildman–Crippen MR) is 112 cm³/mol. The van der Waals surface area contributed by atoms with E-state index in [1.54, 1.807) is 18.2 Å². The second kappa shape index (κ2) is 8.99. The Labute approximate surface area is 182 Å². The van der Waals surface area contributed by atoms with Gasteiger partial charge < -0.3 is 5.32 Å². The molecule has 3 aromatic rings. The number of nitrogens with one attached hydrogen (secondary N) is 1. The second-order valence-corrected chi connectivity index (χ2v) is 8.73. The largest absolute Gasteiger partial charge is 0.416 e. The highest BCUT2D eigenvalue weighted by Crippen LogP contribution is 2.31. The maximum absolute atomic E-state index is 13.2. The molecule has 0 heterocycles. The Balaban J connectivity index is 1.89. The quantitative estimate of drug-likeness (QED) is 0.541. The minimum absolute atomic E-state index is 0.0902. The molecule has 0 saturated heterocycles. The fraction of sp³-hybridized carbons (Fsp3) is 0.0952. The first kappa shape index (κ1) is 22.6. The summed E-state index contributed by atoms with van der Waals surface area (Å²) in [5, 5.41) is 2.66. The molecule has 0 aliphatic heterocycles. The SMILES string of the molecule is O=C(CN(c1ccccc1)S(=O)(=O)c1ccc(Cl)cc1)Nc1cccc(C(F)(F)F)c1. The summed E-state index contributed by atoms with van der Waals surface area (Å²) in [5.74, 6) is -0.805. The van der Waals surface area contributed by atoms with E-state index in [1.807, 2.05) is 0 Å². The molecule has 0 aliphatic carbocycles. The van der Waals surface area contributed by atoms with Gasteiger partial charge in [0.15, 0.2) is 0 Å². The molecule has 162 valence electrons. The van der Waals surface area contributed by atoms with Crippen molar-refractivity contribution in [2.75, 3.05) is 16.2 Å². The van der Waals surface area contributed by atoms with Crippen LogP contribution in [0.15, 0.2) is 83.8 Å². The minimum Gasteiger partial charge on any atom is -0.325 e. The van der Waals surface area contributed by atoms with Crippen LogP contribution in [0.1, 0.15) is 5.56 Å². The fourth-order valence-corrected chi connectivity index (χ4v) is 4.29. The number of sulfonamides is 1. The lowest BCUT2D eigenvalue weighted by Gasteiger charge is -2.24. The Hall–Kier alpha value is -3.04. The van der Waals surface area contributed by atoms with Gasteiger partial charge >= 0.3 is 6.18 Å². The van der Waals surface area contributed by atoms with Crippen LogP contribution in [0, 0.1) is 0 Å². The number of para-hydroxylation sites is 1. The van der Waals surface area contributed by atoms with Gasteiger partial charge in [0.1, 0.15) is 6.54 Å². The van der Waals surface area contributed by atoms with E-state index in [4.69, 9.17) is 11.6 Å². The highest BCUT2D eigenvalue weighted by atomic mass is 35.5. The molecule has 10 heteroatoms. The molecule has 0 aliphatic rings. The van der Waals surface area contributed by atoms with Crippen molar-refractivity contribution in [3.63, 3.8) is 0 Å². The van der Waals surface area contributed by atoms with E-state index >= 15 is 0 Å². The second-order valence-electron chi connectivity index (χ2n) is 6.43. The normalized spacial score (nSPS) is 11.7. The Morgan fingerprint density at radius 3 is 2.19 bits per heavy atom. The zero-order valence-corrected chi connectivity index (χ0v) is 17.4. The molecule has 0 bridgehead atoms. The summed E-state index contributed by atoms with van der Waals surface area (Å²) < 4.78 is 65.9. The third-order valence-corrected chi connectivity index (χ3v) is 6.25. The van der Waals surface area contributed by atoms with Gasteiger partial charge in [-0.3, -0.25) is 9.10 Å². The number of alkyl halides is 3. The summed E-state index contributed by atoms with van der Waals surface area (Å²) in [6.07, 6.45) is -4.57. The highest BCUT2D eigenvalue weighted by Gasteiger charge is 2.31. The number of hydrogen-bond acceptors (Lipinski definition) is 3. The Morgan fingerprint density at radius 2 is 1.58 bits per heavy atom. The van der Waals surface area contributed by atoms with Crippen LogP contribution in [0.25, 0.3) is 0 Å². The van der Waals surface area contributed by atoms with Gasteiger partial charge in [-0.15, -0.1) is 0 Å². The molecule has 0 fully saturated rings. The molecule has 0 atom stereocenters. The van der Waals surface area contributed by atoms with Gasteiger partial charge in [0.25, 0.3) is 10.0 Å². The molecule has 1 N–H and O–H groups in total. The first-order valence-electron chi connectivity index (χ1n) is 8.88. The van der Waals surface area contributed by atoms with E-state index in [1.165, 1.54) is 42.5 Å². The van der Waals surface area contributed by atoms with Crippen LogP contribution in [-0.2, 0) is 21.0 Å². The number of rotatable bonds is 6. The Bertz CT molecular complexity index is 1170. The van der Waals surface area contributed by atoms with Gasteiger partial charge in [0.05, 0.1) is 16.1 Å². The monoisotopic (exact) mass is 468 g/mol. The van der Waals surface area contributed by atoms with Crippen LogP contribution in [-0.4, -0.2) is 20.9 Å². The fourth-order valence-electron chi connectivity index (χ4n) is 2.75. The number of carbonyl (C=O) groups excluding carboxylic acids is 1. The first-order valence-corrected chi connectivity index (χ1v) is 10.7. The van der Waals surface area contributed by atoms with Gasteiger partial charge in [-0.05, 0) is 54.6 Å². The van der Waals surface area contributed by atoms with E-state index in [2.05, 4.69) is 5.32 Å². The number of carbonyl (C=O) groups is 1. The van der Waals surface area contributed by atoms with Crippen molar-refractivity contribution in [1.82, 2.24) is 0 Å². The van der Waals surface area contributed by atoms with Crippen LogP contribution >= 0.6 is 11.6 Å². The lowest BCUT2D eigenvalue weighted by Crippen LogP contribution is -2.38. The summed E-state index contributed by atoms with van der Waals surface area (Å²) >= 11 is 5.83. The molecule has 0 aromatic heterocycles. The van der Waals surface area contributed by atoms with E-state index < -0.39 is 34.2 Å². The van der Waals surface area contributed by atoms with Crippen molar-refractivity contribution in [2.24, 2.45) is 0 Å². The van der Waals surface area contributed by atoms with Crippen LogP contribution in [0.2, 0.25) is 5.02 Å². The molecule has 31 heavy (non-hydrogen) atoms. The lowest BCUT2D eigenvalue weighted by atomic mass is 10.2. The molecule has 3 rings (SSSR count). The molecular formula is C21H16ClF3N2O3S. The lowest BCUT2D eigenvalue weighted by molar-refractivity contribution is -0.137. The maximum Gasteiger partial charge on any atom is 0.416 e. The molecule has 0 radical (unpaired) electrons. The van der Waals surface area contributed by atoms with Crippen molar-refractivity contribution in [1.29, 1.82) is 0 Å². The van der Waals surface area contributed by atoms with Crippen molar-refractivity contribution in [3.8, 4) is 0 Å². The molecule has 5 nitrogen and oxygen atoms in total. The summed E-state index contributed by atoms with van der Waals surface area (Å²) in [5.41, 5.74) is -0.813. The number of amides is 1. The standard InChI is InChI=1S/C21H16ClF3N2O3S/c22-16-9-11-19(12-10-16)31(29,30)27(18-7-2-1-3-8-18)14-20(28)26-17-6-4-5-15(13-17)21(23,24)25/h1-13H,14H2,(H,26,28). The van der Waals surface area contributed by atoms with E-state index in [0.29, 0.717) is 5.02 Å². The highest BCUT2D eigenvalue weighted by molar-refractivity contribution is 7.92. The number of halogens is 4. The minimum atomic E-state index is -4.57. The average molecular weight is 469 g/mol. The van der Waals surface area contributed by atoms with Crippen molar-refractivity contribution in [2.45, 2.75) is 11.1 Å². The van der Waals surface area contributed by atoms with Crippen LogP contribution in [0.5, 0.6) is 0 Å². The average Bonchev–Trinajstić information content (AvgIpc) is 2.72. The van der Waals surface area contributed by atoms with Crippen molar-refractivity contribution in [3.05, 3.63) is 89.4 Å². The van der Waals surface area contributed by atoms with Crippen LogP contribution in [0.4, 0.5) is 24.5 Å². The maximum atomic E-state index is 13.2. The zero-order chi connectivity index (χ0) is 22.6. The van der Waals surface area contributed by atoms with Gasteiger partial charge in [-0.2, -0.15) is 13.2 Å². The van der Waals surface area contributed by atoms with Gasteiger partial charge in [-0.25, -0.2) is 8.42 Å². The van der Waals surface area contributed by atoms with E-state index in [9.17, 15) is 26.4 Å². The van der Waals surface area contributed by atoms with Crippen LogP contribution < -0.4 is 9.62 Å². The third-order valence-electron chi connectivity index (χ3n) is 4.21. The van der Waals surface area contributed by atoms with Crippen LogP contribution in [0.3, 0.4) is 0 Å². The summed E-state index contributed by atoms with van der Waals surface area (Å²) in [4.78, 5) is 12.5. The molecular weight excluding hydrogens is 453 g/mol. The Morgan fingerprint density at radius 1 is 0.935 bits per heavy atom. The molecule has 0 spiro atoms. The Kier molecular flexibility index (Phi) is 6.56. The number of nitrogens with zero attached hydrogens (tertiary/aromatic N) is 1.